The third kappa shape index (κ3) is 5.19. The van der Waals surface area contributed by atoms with Crippen LogP contribution >= 0.6 is 0 Å². The van der Waals surface area contributed by atoms with Gasteiger partial charge in [0.25, 0.3) is 10.0 Å². The number of aryl methyl sites for hydroxylation is 1. The molecule has 0 amide bonds. The van der Waals surface area contributed by atoms with Gasteiger partial charge in [0, 0.05) is 0 Å². The molecule has 0 atom stereocenters. The molecule has 0 bridgehead atoms. The molecular weight excluding hydrogens is 414 g/mol. The van der Waals surface area contributed by atoms with E-state index in [0.29, 0.717) is 28.5 Å². The van der Waals surface area contributed by atoms with E-state index in [2.05, 4.69) is 4.72 Å². The normalized spacial score (nSPS) is 11.4. The fraction of sp³-hybridized carbons (Fsp3) is 0.167. The summed E-state index contributed by atoms with van der Waals surface area (Å²) in [5.41, 5.74) is 3.00. The Kier molecular flexibility index (Phi) is 6.87. The van der Waals surface area contributed by atoms with Crippen molar-refractivity contribution in [2.24, 2.45) is 0 Å². The SMILES string of the molecule is COc1cc(/C=C\c2ccccc2NS(=O)(=O)c2ccc(C)cc2)cc(OC)c1OC. The molecule has 1 N–H and O–H groups in total. The second-order valence-electron chi connectivity index (χ2n) is 6.80. The molecule has 3 aromatic rings. The van der Waals surface area contributed by atoms with Gasteiger partial charge in [-0.05, 0) is 48.4 Å². The molecule has 0 fully saturated rings. The number of ether oxygens (including phenoxy) is 3. The minimum atomic E-state index is -3.71. The quantitative estimate of drug-likeness (QED) is 0.501. The lowest BCUT2D eigenvalue weighted by atomic mass is 10.1. The Hall–Kier alpha value is -3.45. The van der Waals surface area contributed by atoms with Gasteiger partial charge in [-0.3, -0.25) is 4.72 Å². The van der Waals surface area contributed by atoms with Crippen molar-refractivity contribution in [1.82, 2.24) is 0 Å². The Morgan fingerprint density at radius 3 is 2.00 bits per heavy atom. The van der Waals surface area contributed by atoms with E-state index in [1.807, 2.05) is 43.3 Å². The van der Waals surface area contributed by atoms with Crippen LogP contribution in [0, 0.1) is 6.92 Å². The lowest BCUT2D eigenvalue weighted by Crippen LogP contribution is -2.13. The highest BCUT2D eigenvalue weighted by Crippen LogP contribution is 2.38. The van der Waals surface area contributed by atoms with Crippen molar-refractivity contribution in [3.8, 4) is 17.2 Å². The molecule has 0 unspecified atom stereocenters. The highest BCUT2D eigenvalue weighted by Gasteiger charge is 2.15. The Balaban J connectivity index is 1.92. The zero-order valence-corrected chi connectivity index (χ0v) is 18.7. The Labute approximate surface area is 183 Å². The Morgan fingerprint density at radius 1 is 0.806 bits per heavy atom. The predicted octanol–water partition coefficient (Wildman–Crippen LogP) is 4.99. The molecule has 162 valence electrons. The molecule has 6 nitrogen and oxygen atoms in total. The Morgan fingerprint density at radius 2 is 1.42 bits per heavy atom. The Bertz CT molecular complexity index is 1160. The fourth-order valence-corrected chi connectivity index (χ4v) is 4.13. The first-order valence-electron chi connectivity index (χ1n) is 9.54. The van der Waals surface area contributed by atoms with E-state index < -0.39 is 10.0 Å². The number of hydrogen-bond donors (Lipinski definition) is 1. The van der Waals surface area contributed by atoms with Crippen LogP contribution in [0.1, 0.15) is 16.7 Å². The third-order valence-corrected chi connectivity index (χ3v) is 6.06. The van der Waals surface area contributed by atoms with Crippen LogP contribution in [-0.4, -0.2) is 29.7 Å². The number of methoxy groups -OCH3 is 3. The van der Waals surface area contributed by atoms with Crippen LogP contribution in [0.5, 0.6) is 17.2 Å². The van der Waals surface area contributed by atoms with Crippen LogP contribution in [0.4, 0.5) is 5.69 Å². The summed E-state index contributed by atoms with van der Waals surface area (Å²) >= 11 is 0. The summed E-state index contributed by atoms with van der Waals surface area (Å²) in [7, 11) is 0.953. The maximum atomic E-state index is 12.8. The van der Waals surface area contributed by atoms with Crippen LogP contribution in [0.15, 0.2) is 65.6 Å². The lowest BCUT2D eigenvalue weighted by Gasteiger charge is -2.13. The van der Waals surface area contributed by atoms with E-state index in [-0.39, 0.29) is 4.90 Å². The molecule has 0 aliphatic carbocycles. The standard InChI is InChI=1S/C24H25NO5S/c1-17-9-13-20(14-10-17)31(26,27)25-21-8-6-5-7-19(21)12-11-18-15-22(28-2)24(30-4)23(16-18)29-3/h5-16,25H,1-4H3/b12-11-. The minimum absolute atomic E-state index is 0.210. The first-order valence-corrected chi connectivity index (χ1v) is 11.0. The topological polar surface area (TPSA) is 73.9 Å². The van der Waals surface area contributed by atoms with E-state index >= 15 is 0 Å². The first-order chi connectivity index (χ1) is 14.9. The van der Waals surface area contributed by atoms with Crippen molar-refractivity contribution in [2.45, 2.75) is 11.8 Å². The van der Waals surface area contributed by atoms with Crippen molar-refractivity contribution in [1.29, 1.82) is 0 Å². The molecule has 3 aromatic carbocycles. The van der Waals surface area contributed by atoms with Gasteiger partial charge in [0.15, 0.2) is 11.5 Å². The predicted molar refractivity (Wildman–Crippen MR) is 123 cm³/mol. The van der Waals surface area contributed by atoms with Gasteiger partial charge in [0.05, 0.1) is 31.9 Å². The maximum absolute atomic E-state index is 12.8. The van der Waals surface area contributed by atoms with Gasteiger partial charge >= 0.3 is 0 Å². The number of benzene rings is 3. The largest absolute Gasteiger partial charge is 0.493 e. The summed E-state index contributed by atoms with van der Waals surface area (Å²) in [4.78, 5) is 0.210. The first kappa shape index (κ1) is 22.2. The molecule has 0 aliphatic rings. The van der Waals surface area contributed by atoms with Crippen LogP contribution in [-0.2, 0) is 10.0 Å². The summed E-state index contributed by atoms with van der Waals surface area (Å²) in [5.74, 6) is 1.58. The van der Waals surface area contributed by atoms with Crippen molar-refractivity contribution >= 4 is 27.9 Å². The van der Waals surface area contributed by atoms with E-state index in [0.717, 1.165) is 11.1 Å². The average Bonchev–Trinajstić information content (AvgIpc) is 2.77. The van der Waals surface area contributed by atoms with Gasteiger partial charge in [-0.25, -0.2) is 8.42 Å². The number of anilines is 1. The van der Waals surface area contributed by atoms with Crippen LogP contribution in [0.2, 0.25) is 0 Å². The summed E-state index contributed by atoms with van der Waals surface area (Å²) in [6.07, 6.45) is 3.68. The van der Waals surface area contributed by atoms with Crippen LogP contribution in [0.3, 0.4) is 0 Å². The van der Waals surface area contributed by atoms with Gasteiger partial charge in [-0.15, -0.1) is 0 Å². The molecule has 7 heteroatoms. The van der Waals surface area contributed by atoms with E-state index in [1.54, 1.807) is 57.7 Å². The molecule has 0 saturated heterocycles. The van der Waals surface area contributed by atoms with Gasteiger partial charge in [0.1, 0.15) is 0 Å². The summed E-state index contributed by atoms with van der Waals surface area (Å²) in [6.45, 7) is 1.91. The second kappa shape index (κ2) is 9.57. The van der Waals surface area contributed by atoms with Gasteiger partial charge in [-0.2, -0.15) is 0 Å². The van der Waals surface area contributed by atoms with Gasteiger partial charge in [-0.1, -0.05) is 48.0 Å². The van der Waals surface area contributed by atoms with Crippen molar-refractivity contribution < 1.29 is 22.6 Å². The van der Waals surface area contributed by atoms with E-state index in [4.69, 9.17) is 14.2 Å². The molecule has 0 radical (unpaired) electrons. The van der Waals surface area contributed by atoms with Crippen LogP contribution in [0.25, 0.3) is 12.2 Å². The molecule has 31 heavy (non-hydrogen) atoms. The van der Waals surface area contributed by atoms with Gasteiger partial charge in [0.2, 0.25) is 5.75 Å². The van der Waals surface area contributed by atoms with Crippen molar-refractivity contribution in [3.63, 3.8) is 0 Å². The highest BCUT2D eigenvalue weighted by atomic mass is 32.2. The van der Waals surface area contributed by atoms with Crippen molar-refractivity contribution in [3.05, 3.63) is 77.4 Å². The number of sulfonamides is 1. The van der Waals surface area contributed by atoms with Crippen LogP contribution < -0.4 is 18.9 Å². The number of rotatable bonds is 8. The number of hydrogen-bond acceptors (Lipinski definition) is 5. The zero-order valence-electron chi connectivity index (χ0n) is 17.9. The zero-order chi connectivity index (χ0) is 22.4. The van der Waals surface area contributed by atoms with E-state index in [9.17, 15) is 8.42 Å². The monoisotopic (exact) mass is 439 g/mol. The molecular formula is C24H25NO5S. The number of para-hydroxylation sites is 1. The summed E-state index contributed by atoms with van der Waals surface area (Å²) in [6, 6.07) is 17.5. The second-order valence-corrected chi connectivity index (χ2v) is 8.48. The maximum Gasteiger partial charge on any atom is 0.261 e. The van der Waals surface area contributed by atoms with E-state index in [1.165, 1.54) is 0 Å². The molecule has 0 saturated carbocycles. The molecule has 0 heterocycles. The highest BCUT2D eigenvalue weighted by molar-refractivity contribution is 7.92. The average molecular weight is 440 g/mol. The molecule has 0 aliphatic heterocycles. The van der Waals surface area contributed by atoms with Crippen molar-refractivity contribution in [2.75, 3.05) is 26.1 Å². The lowest BCUT2D eigenvalue weighted by molar-refractivity contribution is 0.324. The molecule has 0 aromatic heterocycles. The molecule has 0 spiro atoms. The molecule has 3 rings (SSSR count). The fourth-order valence-electron chi connectivity index (χ4n) is 3.04. The van der Waals surface area contributed by atoms with Gasteiger partial charge < -0.3 is 14.2 Å². The summed E-state index contributed by atoms with van der Waals surface area (Å²) in [5, 5.41) is 0. The minimum Gasteiger partial charge on any atom is -0.493 e. The smallest absolute Gasteiger partial charge is 0.261 e. The third-order valence-electron chi connectivity index (χ3n) is 4.68. The summed E-state index contributed by atoms with van der Waals surface area (Å²) < 4.78 is 44.4. The number of nitrogens with one attached hydrogen (secondary N) is 1.